The number of hydrogen-bond donors (Lipinski definition) is 1. The number of carbonyl (C=O) groups excluding carboxylic acids is 1. The summed E-state index contributed by atoms with van der Waals surface area (Å²) >= 11 is 0. The monoisotopic (exact) mass is 190 g/mol. The quantitative estimate of drug-likeness (QED) is 0.578. The van der Waals surface area contributed by atoms with Crippen molar-refractivity contribution in [1.29, 1.82) is 0 Å². The number of carbonyl (C=O) groups is 2. The molecule has 4 heteroatoms. The Hall–Kier alpha value is -2.10. The van der Waals surface area contributed by atoms with E-state index in [0.717, 1.165) is 5.39 Å². The number of hydrogen-bond acceptors (Lipinski definition) is 3. The number of carboxylic acid groups (broad SMARTS) is 1. The Morgan fingerprint density at radius 2 is 1.93 bits per heavy atom. The highest BCUT2D eigenvalue weighted by Gasteiger charge is 2.18. The van der Waals surface area contributed by atoms with Gasteiger partial charge in [-0.2, -0.15) is 0 Å². The Balaban J connectivity index is 2.55. The molecule has 1 aromatic carbocycles. The van der Waals surface area contributed by atoms with E-state index in [0.29, 0.717) is 5.58 Å². The molecule has 2 rings (SSSR count). The van der Waals surface area contributed by atoms with Crippen molar-refractivity contribution in [3.8, 4) is 0 Å². The number of ketones is 1. The predicted molar refractivity (Wildman–Crippen MR) is 48.2 cm³/mol. The van der Waals surface area contributed by atoms with Crippen molar-refractivity contribution in [3.63, 3.8) is 0 Å². The first kappa shape index (κ1) is 8.50. The molecule has 0 saturated carbocycles. The summed E-state index contributed by atoms with van der Waals surface area (Å²) in [5.74, 6) is -2.68. The molecule has 4 nitrogen and oxygen atoms in total. The summed E-state index contributed by atoms with van der Waals surface area (Å²) in [7, 11) is 0. The van der Waals surface area contributed by atoms with Crippen molar-refractivity contribution in [1.82, 2.24) is 0 Å². The summed E-state index contributed by atoms with van der Waals surface area (Å²) in [4.78, 5) is 21.4. The molecular weight excluding hydrogens is 184 g/mol. The highest BCUT2D eigenvalue weighted by molar-refractivity contribution is 6.39. The Morgan fingerprint density at radius 3 is 2.57 bits per heavy atom. The lowest BCUT2D eigenvalue weighted by molar-refractivity contribution is -0.131. The third kappa shape index (κ3) is 1.26. The maximum Gasteiger partial charge on any atom is 0.380 e. The van der Waals surface area contributed by atoms with Gasteiger partial charge in [0.25, 0.3) is 0 Å². The fourth-order valence-corrected chi connectivity index (χ4v) is 1.20. The molecule has 1 N–H and O–H groups in total. The number of benzene rings is 1. The molecule has 0 bridgehead atoms. The van der Waals surface area contributed by atoms with Crippen molar-refractivity contribution in [2.75, 3.05) is 0 Å². The SMILES string of the molecule is O=C(O)C(=O)c1cc2ccccc2o1. The van der Waals surface area contributed by atoms with Gasteiger partial charge in [-0.05, 0) is 12.1 Å². The molecule has 0 saturated heterocycles. The number of aliphatic carboxylic acids is 1. The van der Waals surface area contributed by atoms with Gasteiger partial charge in [0, 0.05) is 5.39 Å². The van der Waals surface area contributed by atoms with E-state index in [1.165, 1.54) is 6.07 Å². The van der Waals surface area contributed by atoms with E-state index in [-0.39, 0.29) is 5.76 Å². The van der Waals surface area contributed by atoms with Gasteiger partial charge >= 0.3 is 11.8 Å². The molecule has 0 aliphatic rings. The molecule has 0 unspecified atom stereocenters. The highest BCUT2D eigenvalue weighted by atomic mass is 16.4. The van der Waals surface area contributed by atoms with Crippen LogP contribution in [0.1, 0.15) is 10.6 Å². The average Bonchev–Trinajstić information content (AvgIpc) is 2.59. The van der Waals surface area contributed by atoms with E-state index < -0.39 is 11.8 Å². The zero-order chi connectivity index (χ0) is 10.1. The first-order valence-electron chi connectivity index (χ1n) is 3.94. The number of carboxylic acids is 1. The minimum absolute atomic E-state index is 0.140. The summed E-state index contributed by atoms with van der Waals surface area (Å²) < 4.78 is 5.06. The molecule has 0 radical (unpaired) electrons. The van der Waals surface area contributed by atoms with E-state index in [2.05, 4.69) is 0 Å². The van der Waals surface area contributed by atoms with Crippen molar-refractivity contribution >= 4 is 22.7 Å². The van der Waals surface area contributed by atoms with Crippen LogP contribution >= 0.6 is 0 Å². The molecule has 14 heavy (non-hydrogen) atoms. The summed E-state index contributed by atoms with van der Waals surface area (Å²) in [5, 5.41) is 9.17. The maximum atomic E-state index is 11.0. The molecule has 0 fully saturated rings. The van der Waals surface area contributed by atoms with Gasteiger partial charge in [0.2, 0.25) is 0 Å². The summed E-state index contributed by atoms with van der Waals surface area (Å²) in [6, 6.07) is 8.38. The van der Waals surface area contributed by atoms with E-state index in [4.69, 9.17) is 9.52 Å². The molecule has 0 atom stereocenters. The number of para-hydroxylation sites is 1. The lowest BCUT2D eigenvalue weighted by Crippen LogP contribution is -2.11. The third-order valence-corrected chi connectivity index (χ3v) is 1.84. The van der Waals surface area contributed by atoms with Crippen LogP contribution in [0.5, 0.6) is 0 Å². The third-order valence-electron chi connectivity index (χ3n) is 1.84. The smallest absolute Gasteiger partial charge is 0.380 e. The summed E-state index contributed by atoms with van der Waals surface area (Å²) in [6.07, 6.45) is 0. The lowest BCUT2D eigenvalue weighted by Gasteiger charge is -1.86. The molecule has 0 spiro atoms. The fraction of sp³-hybridized carbons (Fsp3) is 0. The molecule has 70 valence electrons. The topological polar surface area (TPSA) is 67.5 Å². The van der Waals surface area contributed by atoms with Gasteiger partial charge in [0.1, 0.15) is 5.58 Å². The van der Waals surface area contributed by atoms with Crippen LogP contribution in [0.2, 0.25) is 0 Å². The summed E-state index contributed by atoms with van der Waals surface area (Å²) in [5.41, 5.74) is 0.511. The minimum atomic E-state index is -1.51. The van der Waals surface area contributed by atoms with Gasteiger partial charge in [0.15, 0.2) is 5.76 Å². The normalized spacial score (nSPS) is 10.3. The van der Waals surface area contributed by atoms with E-state index in [1.54, 1.807) is 24.3 Å². The number of fused-ring (bicyclic) bond motifs is 1. The molecule has 0 aliphatic heterocycles. The Morgan fingerprint density at radius 1 is 1.21 bits per heavy atom. The number of Topliss-reactive ketones (excluding diaryl/α,β-unsaturated/α-hetero) is 1. The predicted octanol–water partition coefficient (Wildman–Crippen LogP) is 1.70. The van der Waals surface area contributed by atoms with Gasteiger partial charge in [-0.1, -0.05) is 18.2 Å². The van der Waals surface area contributed by atoms with Crippen molar-refractivity contribution in [3.05, 3.63) is 36.1 Å². The van der Waals surface area contributed by atoms with Crippen LogP contribution in [0.3, 0.4) is 0 Å². The van der Waals surface area contributed by atoms with Crippen LogP contribution in [-0.2, 0) is 4.79 Å². The first-order valence-corrected chi connectivity index (χ1v) is 3.94. The molecule has 1 heterocycles. The van der Waals surface area contributed by atoms with Gasteiger partial charge < -0.3 is 9.52 Å². The van der Waals surface area contributed by atoms with Crippen molar-refractivity contribution < 1.29 is 19.1 Å². The molecular formula is C10H6O4. The van der Waals surface area contributed by atoms with Crippen LogP contribution in [0.4, 0.5) is 0 Å². The van der Waals surface area contributed by atoms with Crippen LogP contribution < -0.4 is 0 Å². The summed E-state index contributed by atoms with van der Waals surface area (Å²) in [6.45, 7) is 0. The van der Waals surface area contributed by atoms with E-state index in [1.807, 2.05) is 0 Å². The number of furan rings is 1. The second kappa shape index (κ2) is 2.99. The van der Waals surface area contributed by atoms with Crippen molar-refractivity contribution in [2.24, 2.45) is 0 Å². The molecule has 0 amide bonds. The van der Waals surface area contributed by atoms with Crippen LogP contribution in [0, 0.1) is 0 Å². The largest absolute Gasteiger partial charge is 0.475 e. The second-order valence-electron chi connectivity index (χ2n) is 2.78. The highest BCUT2D eigenvalue weighted by Crippen LogP contribution is 2.18. The van der Waals surface area contributed by atoms with Crippen LogP contribution in [-0.4, -0.2) is 16.9 Å². The maximum absolute atomic E-state index is 11.0. The van der Waals surface area contributed by atoms with E-state index >= 15 is 0 Å². The minimum Gasteiger partial charge on any atom is -0.475 e. The number of rotatable bonds is 2. The second-order valence-corrected chi connectivity index (χ2v) is 2.78. The molecule has 1 aromatic heterocycles. The van der Waals surface area contributed by atoms with Gasteiger partial charge in [-0.25, -0.2) is 4.79 Å². The standard InChI is InChI=1S/C10H6O4/c11-9(10(12)13)8-5-6-3-1-2-4-7(6)14-8/h1-5H,(H,12,13). The fourth-order valence-electron chi connectivity index (χ4n) is 1.20. The van der Waals surface area contributed by atoms with Crippen molar-refractivity contribution in [2.45, 2.75) is 0 Å². The van der Waals surface area contributed by atoms with Gasteiger partial charge in [-0.15, -0.1) is 0 Å². The molecule has 2 aromatic rings. The average molecular weight is 190 g/mol. The molecule has 0 aliphatic carbocycles. The van der Waals surface area contributed by atoms with Gasteiger partial charge in [-0.3, -0.25) is 4.79 Å². The van der Waals surface area contributed by atoms with E-state index in [9.17, 15) is 9.59 Å². The first-order chi connectivity index (χ1) is 6.68. The van der Waals surface area contributed by atoms with Crippen LogP contribution in [0.25, 0.3) is 11.0 Å². The van der Waals surface area contributed by atoms with Crippen LogP contribution in [0.15, 0.2) is 34.7 Å². The Bertz CT molecular complexity index is 477. The lowest BCUT2D eigenvalue weighted by atomic mass is 10.2. The Kier molecular flexibility index (Phi) is 1.81. The zero-order valence-electron chi connectivity index (χ0n) is 7.06. The Labute approximate surface area is 78.8 Å². The van der Waals surface area contributed by atoms with Gasteiger partial charge in [0.05, 0.1) is 0 Å². The zero-order valence-corrected chi connectivity index (χ0v) is 7.06.